The number of Topliss-reactive ketones (excluding diaryl/α,β-unsaturated/α-hetero) is 1. The van der Waals surface area contributed by atoms with Gasteiger partial charge in [-0.25, -0.2) is 0 Å². The number of rotatable bonds is 5. The highest BCUT2D eigenvalue weighted by atomic mass is 35.5. The molecule has 162 valence electrons. The Hall–Kier alpha value is -3.57. The standard InChI is InChI=1S/C26H22ClNO4/c1-16(2)32-21-10-6-7-18(15-21)24(29)22-23(17-11-13-19(27)14-12-17)28(26(31)25(22)30)20-8-4-3-5-9-20/h3-16,23,29H,1-2H3/b24-22-. The predicted octanol–water partition coefficient (Wildman–Crippen LogP) is 5.75. The van der Waals surface area contributed by atoms with Gasteiger partial charge in [0.25, 0.3) is 11.7 Å². The number of hydrogen-bond donors (Lipinski definition) is 1. The Morgan fingerprint density at radius 3 is 2.31 bits per heavy atom. The van der Waals surface area contributed by atoms with Crippen LogP contribution in [0.25, 0.3) is 5.76 Å². The maximum atomic E-state index is 13.2. The largest absolute Gasteiger partial charge is 0.507 e. The van der Waals surface area contributed by atoms with Gasteiger partial charge >= 0.3 is 0 Å². The summed E-state index contributed by atoms with van der Waals surface area (Å²) in [6.45, 7) is 3.80. The van der Waals surface area contributed by atoms with E-state index in [4.69, 9.17) is 16.3 Å². The molecule has 0 saturated carbocycles. The lowest BCUT2D eigenvalue weighted by Gasteiger charge is -2.25. The number of anilines is 1. The van der Waals surface area contributed by atoms with Gasteiger partial charge in [0.05, 0.1) is 17.7 Å². The Morgan fingerprint density at radius 1 is 0.969 bits per heavy atom. The zero-order valence-electron chi connectivity index (χ0n) is 17.7. The molecule has 0 aliphatic carbocycles. The van der Waals surface area contributed by atoms with Crippen LogP contribution < -0.4 is 9.64 Å². The number of ether oxygens (including phenoxy) is 1. The van der Waals surface area contributed by atoms with Crippen LogP contribution in [0.15, 0.2) is 84.4 Å². The molecule has 6 heteroatoms. The molecule has 1 aliphatic rings. The van der Waals surface area contributed by atoms with E-state index < -0.39 is 17.7 Å². The molecule has 1 saturated heterocycles. The minimum absolute atomic E-state index is 0.0165. The number of para-hydroxylation sites is 1. The number of amides is 1. The summed E-state index contributed by atoms with van der Waals surface area (Å²) in [7, 11) is 0. The molecular weight excluding hydrogens is 426 g/mol. The van der Waals surface area contributed by atoms with Gasteiger partial charge < -0.3 is 9.84 Å². The van der Waals surface area contributed by atoms with Crippen molar-refractivity contribution in [1.29, 1.82) is 0 Å². The minimum atomic E-state index is -0.802. The first-order valence-electron chi connectivity index (χ1n) is 10.3. The lowest BCUT2D eigenvalue weighted by atomic mass is 9.95. The molecule has 0 radical (unpaired) electrons. The van der Waals surface area contributed by atoms with Gasteiger partial charge in [-0.3, -0.25) is 14.5 Å². The summed E-state index contributed by atoms with van der Waals surface area (Å²) in [6, 6.07) is 21.9. The quantitative estimate of drug-likeness (QED) is 0.307. The normalized spacial score (nSPS) is 17.8. The van der Waals surface area contributed by atoms with Crippen LogP contribution in [0.5, 0.6) is 5.75 Å². The fourth-order valence-corrected chi connectivity index (χ4v) is 3.92. The van der Waals surface area contributed by atoms with Gasteiger partial charge in [-0.1, -0.05) is 54.1 Å². The SMILES string of the molecule is CC(C)Oc1cccc(/C(O)=C2/C(=O)C(=O)N(c3ccccc3)C2c2ccc(Cl)cc2)c1. The zero-order valence-corrected chi connectivity index (χ0v) is 18.4. The molecule has 32 heavy (non-hydrogen) atoms. The maximum absolute atomic E-state index is 13.2. The number of benzene rings is 3. The smallest absolute Gasteiger partial charge is 0.300 e. The highest BCUT2D eigenvalue weighted by Gasteiger charge is 2.46. The summed E-state index contributed by atoms with van der Waals surface area (Å²) in [6.07, 6.45) is -0.0508. The van der Waals surface area contributed by atoms with Crippen LogP contribution >= 0.6 is 11.6 Å². The van der Waals surface area contributed by atoms with E-state index in [1.165, 1.54) is 4.90 Å². The summed E-state index contributed by atoms with van der Waals surface area (Å²) in [5.74, 6) is -1.14. The van der Waals surface area contributed by atoms with Crippen molar-refractivity contribution >= 4 is 34.7 Å². The molecule has 0 spiro atoms. The fourth-order valence-electron chi connectivity index (χ4n) is 3.79. The summed E-state index contributed by atoms with van der Waals surface area (Å²) >= 11 is 6.06. The number of aliphatic hydroxyl groups excluding tert-OH is 1. The first-order chi connectivity index (χ1) is 15.4. The van der Waals surface area contributed by atoms with Gasteiger partial charge in [0.15, 0.2) is 0 Å². The Labute approximate surface area is 191 Å². The molecule has 1 atom stereocenters. The minimum Gasteiger partial charge on any atom is -0.507 e. The average molecular weight is 448 g/mol. The number of nitrogens with zero attached hydrogens (tertiary/aromatic N) is 1. The first kappa shape index (κ1) is 21.7. The van der Waals surface area contributed by atoms with Gasteiger partial charge in [-0.05, 0) is 55.8 Å². The summed E-state index contributed by atoms with van der Waals surface area (Å²) < 4.78 is 5.72. The number of hydrogen-bond acceptors (Lipinski definition) is 4. The zero-order chi connectivity index (χ0) is 22.8. The van der Waals surface area contributed by atoms with Crippen molar-refractivity contribution in [2.45, 2.75) is 26.0 Å². The molecule has 1 fully saturated rings. The number of halogens is 1. The van der Waals surface area contributed by atoms with Crippen molar-refractivity contribution < 1.29 is 19.4 Å². The number of carbonyl (C=O) groups excluding carboxylic acids is 2. The molecule has 5 nitrogen and oxygen atoms in total. The topological polar surface area (TPSA) is 66.8 Å². The van der Waals surface area contributed by atoms with E-state index in [1.807, 2.05) is 19.9 Å². The highest BCUT2D eigenvalue weighted by molar-refractivity contribution is 6.51. The molecule has 1 N–H and O–H groups in total. The second kappa shape index (κ2) is 8.89. The molecule has 3 aromatic carbocycles. The lowest BCUT2D eigenvalue weighted by Crippen LogP contribution is -2.29. The molecular formula is C26H22ClNO4. The van der Waals surface area contributed by atoms with Crippen LogP contribution in [0, 0.1) is 0 Å². The van der Waals surface area contributed by atoms with E-state index in [0.29, 0.717) is 27.6 Å². The fraction of sp³-hybridized carbons (Fsp3) is 0.154. The van der Waals surface area contributed by atoms with Crippen molar-refractivity contribution in [2.24, 2.45) is 0 Å². The van der Waals surface area contributed by atoms with Crippen molar-refractivity contribution in [3.05, 3.63) is 101 Å². The Balaban J connectivity index is 1.90. The van der Waals surface area contributed by atoms with E-state index in [2.05, 4.69) is 0 Å². The predicted molar refractivity (Wildman–Crippen MR) is 125 cm³/mol. The van der Waals surface area contributed by atoms with Crippen LogP contribution in [0.4, 0.5) is 5.69 Å². The maximum Gasteiger partial charge on any atom is 0.300 e. The molecule has 0 aromatic heterocycles. The first-order valence-corrected chi connectivity index (χ1v) is 10.6. The molecule has 1 amide bonds. The second-order valence-corrected chi connectivity index (χ2v) is 8.19. The third kappa shape index (κ3) is 4.12. The van der Waals surface area contributed by atoms with Crippen LogP contribution in [0.2, 0.25) is 5.02 Å². The molecule has 1 unspecified atom stereocenters. The van der Waals surface area contributed by atoms with Gasteiger partial charge in [-0.15, -0.1) is 0 Å². The molecule has 0 bridgehead atoms. The number of aliphatic hydroxyl groups is 1. The van der Waals surface area contributed by atoms with E-state index in [0.717, 1.165) is 0 Å². The number of carbonyl (C=O) groups is 2. The van der Waals surface area contributed by atoms with Gasteiger partial charge in [-0.2, -0.15) is 0 Å². The third-order valence-electron chi connectivity index (χ3n) is 5.14. The lowest BCUT2D eigenvalue weighted by molar-refractivity contribution is -0.132. The second-order valence-electron chi connectivity index (χ2n) is 7.75. The van der Waals surface area contributed by atoms with Crippen LogP contribution in [0.1, 0.15) is 31.0 Å². The average Bonchev–Trinajstić information content (AvgIpc) is 3.05. The highest BCUT2D eigenvalue weighted by Crippen LogP contribution is 2.42. The molecule has 1 heterocycles. The van der Waals surface area contributed by atoms with Gasteiger partial charge in [0.2, 0.25) is 0 Å². The Bertz CT molecular complexity index is 1190. The van der Waals surface area contributed by atoms with Crippen molar-refractivity contribution in [1.82, 2.24) is 0 Å². The van der Waals surface area contributed by atoms with E-state index in [1.54, 1.807) is 72.8 Å². The van der Waals surface area contributed by atoms with Crippen LogP contribution in [-0.4, -0.2) is 22.9 Å². The van der Waals surface area contributed by atoms with Crippen LogP contribution in [-0.2, 0) is 9.59 Å². The van der Waals surface area contributed by atoms with Crippen molar-refractivity contribution in [3.63, 3.8) is 0 Å². The van der Waals surface area contributed by atoms with E-state index in [9.17, 15) is 14.7 Å². The summed E-state index contributed by atoms with van der Waals surface area (Å²) in [5, 5.41) is 11.7. The Kier molecular flexibility index (Phi) is 6.01. The Morgan fingerprint density at radius 2 is 1.66 bits per heavy atom. The summed E-state index contributed by atoms with van der Waals surface area (Å²) in [4.78, 5) is 27.7. The molecule has 3 aromatic rings. The molecule has 4 rings (SSSR count). The third-order valence-corrected chi connectivity index (χ3v) is 5.40. The van der Waals surface area contributed by atoms with Crippen LogP contribution in [0.3, 0.4) is 0 Å². The monoisotopic (exact) mass is 447 g/mol. The van der Waals surface area contributed by atoms with Crippen molar-refractivity contribution in [2.75, 3.05) is 4.90 Å². The molecule has 1 aliphatic heterocycles. The number of ketones is 1. The van der Waals surface area contributed by atoms with Crippen molar-refractivity contribution in [3.8, 4) is 5.75 Å². The van der Waals surface area contributed by atoms with E-state index >= 15 is 0 Å². The van der Waals surface area contributed by atoms with Gasteiger partial charge in [0, 0.05) is 16.3 Å². The van der Waals surface area contributed by atoms with Gasteiger partial charge in [0.1, 0.15) is 11.5 Å². The van der Waals surface area contributed by atoms with E-state index in [-0.39, 0.29) is 17.4 Å². The summed E-state index contributed by atoms with van der Waals surface area (Å²) in [5.41, 5.74) is 1.63.